The van der Waals surface area contributed by atoms with Crippen LogP contribution in [0, 0.1) is 17.2 Å². The van der Waals surface area contributed by atoms with Crippen LogP contribution in [0.3, 0.4) is 0 Å². The summed E-state index contributed by atoms with van der Waals surface area (Å²) in [6, 6.07) is 14.8. The first-order valence-corrected chi connectivity index (χ1v) is 11.0. The Balaban J connectivity index is 1.84. The Bertz CT molecular complexity index is 1210. The highest BCUT2D eigenvalue weighted by atomic mass is 32.2. The van der Waals surface area contributed by atoms with Crippen LogP contribution in [-0.4, -0.2) is 30.9 Å². The second-order valence-corrected chi connectivity index (χ2v) is 9.29. The highest BCUT2D eigenvalue weighted by molar-refractivity contribution is 7.90. The molecule has 1 fully saturated rings. The van der Waals surface area contributed by atoms with Crippen molar-refractivity contribution in [2.45, 2.75) is 30.7 Å². The summed E-state index contributed by atoms with van der Waals surface area (Å²) in [6.45, 7) is 2.11. The molecule has 1 unspecified atom stereocenters. The zero-order valence-corrected chi connectivity index (χ0v) is 16.5. The van der Waals surface area contributed by atoms with Gasteiger partial charge in [-0.3, -0.25) is 0 Å². The fourth-order valence-corrected chi connectivity index (χ4v) is 4.38. The van der Waals surface area contributed by atoms with Crippen molar-refractivity contribution in [1.29, 1.82) is 5.26 Å². The third kappa shape index (κ3) is 3.43. The number of aromatic nitrogens is 2. The van der Waals surface area contributed by atoms with Crippen molar-refractivity contribution in [3.05, 3.63) is 48.2 Å². The average Bonchev–Trinajstić information content (AvgIpc) is 3.52. The number of nitrogens with zero attached hydrogens (tertiary/aromatic N) is 3. The third-order valence-corrected chi connectivity index (χ3v) is 6.32. The molecule has 1 aromatic heterocycles. The molecule has 0 bridgehead atoms. The van der Waals surface area contributed by atoms with Gasteiger partial charge in [0.05, 0.1) is 16.1 Å². The van der Waals surface area contributed by atoms with Gasteiger partial charge in [-0.15, -0.1) is 10.2 Å². The van der Waals surface area contributed by atoms with Crippen molar-refractivity contribution in [2.24, 2.45) is 5.92 Å². The largest absolute Gasteiger partial charge is 0.379 e. The average molecular weight is 392 g/mol. The Morgan fingerprint density at radius 3 is 2.61 bits per heavy atom. The van der Waals surface area contributed by atoms with Crippen LogP contribution in [0.15, 0.2) is 47.4 Å². The lowest BCUT2D eigenvalue weighted by molar-refractivity contribution is 0.602. The lowest BCUT2D eigenvalue weighted by Crippen LogP contribution is -2.19. The van der Waals surface area contributed by atoms with E-state index >= 15 is 0 Å². The van der Waals surface area contributed by atoms with Crippen molar-refractivity contribution in [3.63, 3.8) is 0 Å². The predicted octanol–water partition coefficient (Wildman–Crippen LogP) is 3.78. The predicted molar refractivity (Wildman–Crippen MR) is 109 cm³/mol. The number of nitrogens with one attached hydrogen (secondary N) is 1. The Morgan fingerprint density at radius 1 is 1.18 bits per heavy atom. The quantitative estimate of drug-likeness (QED) is 0.710. The van der Waals surface area contributed by atoms with Gasteiger partial charge in [0, 0.05) is 23.2 Å². The molecule has 142 valence electrons. The Labute approximate surface area is 164 Å². The molecule has 1 atom stereocenters. The lowest BCUT2D eigenvalue weighted by Gasteiger charge is -2.17. The Hall–Kier alpha value is -2.98. The molecule has 0 amide bonds. The molecule has 0 spiro atoms. The highest BCUT2D eigenvalue weighted by Crippen LogP contribution is 2.36. The molecule has 1 N–H and O–H groups in total. The normalized spacial score (nSPS) is 15.2. The van der Waals surface area contributed by atoms with Gasteiger partial charge in [-0.2, -0.15) is 5.26 Å². The van der Waals surface area contributed by atoms with Crippen LogP contribution in [0.4, 0.5) is 5.69 Å². The van der Waals surface area contributed by atoms with Gasteiger partial charge >= 0.3 is 0 Å². The lowest BCUT2D eigenvalue weighted by atomic mass is 10.0. The fourth-order valence-electron chi connectivity index (χ4n) is 3.47. The molecule has 6 nitrogen and oxygen atoms in total. The summed E-state index contributed by atoms with van der Waals surface area (Å²) < 4.78 is 24.3. The van der Waals surface area contributed by atoms with Gasteiger partial charge in [0.15, 0.2) is 15.5 Å². The third-order valence-electron chi connectivity index (χ3n) is 5.17. The first-order chi connectivity index (χ1) is 13.4. The smallest absolute Gasteiger partial charge is 0.186 e. The number of hydrogen-bond acceptors (Lipinski definition) is 6. The van der Waals surface area contributed by atoms with Crippen LogP contribution in [0.5, 0.6) is 0 Å². The zero-order chi connectivity index (χ0) is 19.9. The first kappa shape index (κ1) is 18.4. The standard InChI is InChI=1S/C21H20N4O2S/c1-13(14-7-8-14)23-21-17-10-9-15(11-18(17)24-25-19(21)12-22)16-5-3-4-6-20(16)28(2,26)27/h3-6,9-11,13-14H,7-8H2,1-2H3,(H,23,24). The fraction of sp³-hybridized carbons (Fsp3) is 0.286. The molecule has 1 saturated carbocycles. The maximum Gasteiger partial charge on any atom is 0.186 e. The van der Waals surface area contributed by atoms with Crippen molar-refractivity contribution < 1.29 is 8.42 Å². The van der Waals surface area contributed by atoms with Gasteiger partial charge in [0.1, 0.15) is 6.07 Å². The Morgan fingerprint density at radius 2 is 1.93 bits per heavy atom. The van der Waals surface area contributed by atoms with Crippen molar-refractivity contribution in [1.82, 2.24) is 10.2 Å². The molecule has 1 aliphatic rings. The van der Waals surface area contributed by atoms with Gasteiger partial charge < -0.3 is 5.32 Å². The molecule has 0 aliphatic heterocycles. The summed E-state index contributed by atoms with van der Waals surface area (Å²) in [5.41, 5.74) is 2.94. The summed E-state index contributed by atoms with van der Waals surface area (Å²) in [7, 11) is -3.36. The summed E-state index contributed by atoms with van der Waals surface area (Å²) >= 11 is 0. The molecule has 1 aliphatic carbocycles. The van der Waals surface area contributed by atoms with E-state index in [1.165, 1.54) is 19.1 Å². The van der Waals surface area contributed by atoms with E-state index in [-0.39, 0.29) is 16.6 Å². The van der Waals surface area contributed by atoms with Crippen LogP contribution in [0.25, 0.3) is 22.0 Å². The first-order valence-electron chi connectivity index (χ1n) is 9.15. The molecule has 4 rings (SSSR count). The molecular formula is C21H20N4O2S. The molecule has 0 saturated heterocycles. The van der Waals surface area contributed by atoms with Crippen LogP contribution < -0.4 is 5.32 Å². The van der Waals surface area contributed by atoms with Crippen LogP contribution in [-0.2, 0) is 9.84 Å². The van der Waals surface area contributed by atoms with E-state index in [1.807, 2.05) is 24.3 Å². The summed E-state index contributed by atoms with van der Waals surface area (Å²) in [4.78, 5) is 0.275. The van der Waals surface area contributed by atoms with Gasteiger partial charge in [-0.25, -0.2) is 8.42 Å². The Kier molecular flexibility index (Phi) is 4.52. The molecule has 7 heteroatoms. The molecule has 28 heavy (non-hydrogen) atoms. The van der Waals surface area contributed by atoms with Gasteiger partial charge in [0.2, 0.25) is 0 Å². The monoisotopic (exact) mass is 392 g/mol. The summed E-state index contributed by atoms with van der Waals surface area (Å²) in [5, 5.41) is 22.0. The van der Waals surface area contributed by atoms with Crippen molar-refractivity contribution in [3.8, 4) is 17.2 Å². The second kappa shape index (κ2) is 6.88. The number of fused-ring (bicyclic) bond motifs is 1. The number of hydrogen-bond donors (Lipinski definition) is 1. The van der Waals surface area contributed by atoms with E-state index < -0.39 is 9.84 Å². The topological polar surface area (TPSA) is 95.7 Å². The maximum absolute atomic E-state index is 12.1. The minimum absolute atomic E-state index is 0.255. The molecule has 1 heterocycles. The van der Waals surface area contributed by atoms with E-state index in [2.05, 4.69) is 28.5 Å². The van der Waals surface area contributed by atoms with E-state index in [4.69, 9.17) is 0 Å². The van der Waals surface area contributed by atoms with Gasteiger partial charge in [-0.1, -0.05) is 24.3 Å². The van der Waals surface area contributed by atoms with Gasteiger partial charge in [0.25, 0.3) is 0 Å². The van der Waals surface area contributed by atoms with E-state index in [1.54, 1.807) is 18.2 Å². The number of benzene rings is 2. The number of anilines is 1. The SMILES string of the molecule is CC(Nc1c(C#N)nnc2cc(-c3ccccc3S(C)(=O)=O)ccc12)C1CC1. The van der Waals surface area contributed by atoms with Crippen molar-refractivity contribution >= 4 is 26.4 Å². The highest BCUT2D eigenvalue weighted by Gasteiger charge is 2.29. The minimum atomic E-state index is -3.36. The summed E-state index contributed by atoms with van der Waals surface area (Å²) in [5.74, 6) is 0.621. The number of nitriles is 1. The van der Waals surface area contributed by atoms with E-state index in [0.29, 0.717) is 22.7 Å². The molecule has 3 aromatic rings. The number of rotatable bonds is 5. The second-order valence-electron chi connectivity index (χ2n) is 7.31. The zero-order valence-electron chi connectivity index (χ0n) is 15.7. The number of sulfone groups is 1. The van der Waals surface area contributed by atoms with Crippen LogP contribution >= 0.6 is 0 Å². The van der Waals surface area contributed by atoms with Gasteiger partial charge in [-0.05, 0) is 49.4 Å². The van der Waals surface area contributed by atoms with Crippen LogP contribution in [0.1, 0.15) is 25.5 Å². The minimum Gasteiger partial charge on any atom is -0.379 e. The van der Waals surface area contributed by atoms with Crippen LogP contribution in [0.2, 0.25) is 0 Å². The van der Waals surface area contributed by atoms with Crippen molar-refractivity contribution in [2.75, 3.05) is 11.6 Å². The molecule has 0 radical (unpaired) electrons. The molecule has 2 aromatic carbocycles. The van der Waals surface area contributed by atoms with E-state index in [9.17, 15) is 13.7 Å². The summed E-state index contributed by atoms with van der Waals surface area (Å²) in [6.07, 6.45) is 3.59. The maximum atomic E-state index is 12.1. The molecular weight excluding hydrogens is 372 g/mol. The van der Waals surface area contributed by atoms with E-state index in [0.717, 1.165) is 10.9 Å².